The van der Waals surface area contributed by atoms with Crippen molar-refractivity contribution in [2.24, 2.45) is 0 Å². The van der Waals surface area contributed by atoms with E-state index in [1.54, 1.807) is 6.26 Å². The van der Waals surface area contributed by atoms with E-state index in [0.29, 0.717) is 0 Å². The second kappa shape index (κ2) is 5.34. The van der Waals surface area contributed by atoms with Crippen LogP contribution in [0.3, 0.4) is 0 Å². The van der Waals surface area contributed by atoms with Gasteiger partial charge in [0, 0.05) is 25.6 Å². The molecule has 2 N–H and O–H groups in total. The molecule has 0 radical (unpaired) electrons. The van der Waals surface area contributed by atoms with Crippen LogP contribution >= 0.6 is 0 Å². The highest BCUT2D eigenvalue weighted by Crippen LogP contribution is 2.11. The van der Waals surface area contributed by atoms with E-state index in [9.17, 15) is 0 Å². The van der Waals surface area contributed by atoms with E-state index in [-0.39, 0.29) is 6.04 Å². The number of rotatable bonds is 5. The van der Waals surface area contributed by atoms with Crippen LogP contribution in [0, 0.1) is 0 Å². The van der Waals surface area contributed by atoms with Crippen LogP contribution in [0.2, 0.25) is 0 Å². The van der Waals surface area contributed by atoms with Gasteiger partial charge in [0.25, 0.3) is 0 Å². The number of aromatic nitrogens is 2. The fraction of sp³-hybridized carbons (Fsp3) is 0.333. The predicted octanol–water partition coefficient (Wildman–Crippen LogP) is 2.15. The monoisotopic (exact) mass is 232 g/mol. The molecule has 1 unspecified atom stereocenters. The summed E-state index contributed by atoms with van der Waals surface area (Å²) in [5, 5.41) is 6.28. The van der Waals surface area contributed by atoms with Gasteiger partial charge >= 0.3 is 0 Å². The van der Waals surface area contributed by atoms with Crippen molar-refractivity contribution in [1.29, 1.82) is 0 Å². The first-order valence-electron chi connectivity index (χ1n) is 5.56. The molecule has 5 heteroatoms. The molecule has 0 aliphatic carbocycles. The summed E-state index contributed by atoms with van der Waals surface area (Å²) in [4.78, 5) is 8.22. The van der Waals surface area contributed by atoms with Crippen molar-refractivity contribution in [1.82, 2.24) is 9.97 Å². The first kappa shape index (κ1) is 11.4. The Hall–Kier alpha value is -2.04. The van der Waals surface area contributed by atoms with E-state index in [4.69, 9.17) is 4.42 Å². The van der Waals surface area contributed by atoms with Crippen molar-refractivity contribution >= 4 is 11.6 Å². The fourth-order valence-electron chi connectivity index (χ4n) is 1.61. The maximum atomic E-state index is 5.30. The molecule has 0 aromatic carbocycles. The number of hydrogen-bond donors (Lipinski definition) is 2. The normalized spacial score (nSPS) is 12.1. The van der Waals surface area contributed by atoms with Crippen LogP contribution in [0.25, 0.3) is 0 Å². The van der Waals surface area contributed by atoms with Crippen molar-refractivity contribution < 1.29 is 4.42 Å². The smallest absolute Gasteiger partial charge is 0.131 e. The molecule has 2 aromatic heterocycles. The minimum Gasteiger partial charge on any atom is -0.469 e. The minimum absolute atomic E-state index is 0.251. The van der Waals surface area contributed by atoms with E-state index < -0.39 is 0 Å². The predicted molar refractivity (Wildman–Crippen MR) is 67.1 cm³/mol. The van der Waals surface area contributed by atoms with Crippen molar-refractivity contribution in [3.63, 3.8) is 0 Å². The molecule has 0 saturated heterocycles. The average molecular weight is 232 g/mol. The molecule has 90 valence electrons. The number of furan rings is 1. The van der Waals surface area contributed by atoms with Crippen LogP contribution in [0.15, 0.2) is 35.2 Å². The van der Waals surface area contributed by atoms with Crippen LogP contribution in [-0.4, -0.2) is 23.1 Å². The highest BCUT2D eigenvalue weighted by atomic mass is 16.3. The molecule has 0 spiro atoms. The van der Waals surface area contributed by atoms with Gasteiger partial charge in [-0.2, -0.15) is 0 Å². The van der Waals surface area contributed by atoms with Crippen LogP contribution in [0.5, 0.6) is 0 Å². The molecule has 5 nitrogen and oxygen atoms in total. The molecule has 0 amide bonds. The highest BCUT2D eigenvalue weighted by Gasteiger charge is 2.06. The Bertz CT molecular complexity index is 455. The van der Waals surface area contributed by atoms with Crippen LogP contribution in [-0.2, 0) is 6.42 Å². The maximum Gasteiger partial charge on any atom is 0.131 e. The van der Waals surface area contributed by atoms with Crippen LogP contribution in [0.1, 0.15) is 12.7 Å². The molecule has 1 atom stereocenters. The summed E-state index contributed by atoms with van der Waals surface area (Å²) in [5.74, 6) is 2.57. The Balaban J connectivity index is 1.95. The third kappa shape index (κ3) is 3.21. The number of hydrogen-bond acceptors (Lipinski definition) is 5. The van der Waals surface area contributed by atoms with E-state index >= 15 is 0 Å². The van der Waals surface area contributed by atoms with E-state index in [1.165, 1.54) is 6.33 Å². The standard InChI is InChI=1S/C12H16N4O/c1-9(6-10-4-3-5-17-10)16-12-7-11(13-2)14-8-15-12/h3-5,7-9H,6H2,1-2H3,(H2,13,14,15,16). The molecule has 2 rings (SSSR count). The average Bonchev–Trinajstić information content (AvgIpc) is 2.82. The van der Waals surface area contributed by atoms with Crippen LogP contribution < -0.4 is 10.6 Å². The lowest BCUT2D eigenvalue weighted by molar-refractivity contribution is 0.497. The topological polar surface area (TPSA) is 63.0 Å². The Labute approximate surface area is 100 Å². The van der Waals surface area contributed by atoms with Crippen molar-refractivity contribution in [2.45, 2.75) is 19.4 Å². The van der Waals surface area contributed by atoms with Gasteiger partial charge in [0.2, 0.25) is 0 Å². The zero-order valence-electron chi connectivity index (χ0n) is 9.97. The summed E-state index contributed by atoms with van der Waals surface area (Å²) in [6.07, 6.45) is 4.05. The zero-order valence-corrected chi connectivity index (χ0v) is 9.97. The van der Waals surface area contributed by atoms with Gasteiger partial charge in [-0.1, -0.05) is 0 Å². The lowest BCUT2D eigenvalue weighted by Gasteiger charge is -2.13. The lowest BCUT2D eigenvalue weighted by atomic mass is 10.2. The molecule has 2 aromatic rings. The first-order valence-corrected chi connectivity index (χ1v) is 5.56. The number of nitrogens with one attached hydrogen (secondary N) is 2. The molecule has 0 saturated carbocycles. The summed E-state index contributed by atoms with van der Waals surface area (Å²) < 4.78 is 5.30. The molecule has 0 aliphatic rings. The van der Waals surface area contributed by atoms with Gasteiger partial charge in [-0.3, -0.25) is 0 Å². The molecule has 2 heterocycles. The quantitative estimate of drug-likeness (QED) is 0.827. The first-order chi connectivity index (χ1) is 8.28. The fourth-order valence-corrected chi connectivity index (χ4v) is 1.61. The van der Waals surface area contributed by atoms with Crippen molar-refractivity contribution in [2.75, 3.05) is 17.7 Å². The summed E-state index contributed by atoms with van der Waals surface area (Å²) in [5.41, 5.74) is 0. The van der Waals surface area contributed by atoms with E-state index in [1.807, 2.05) is 25.2 Å². The zero-order chi connectivity index (χ0) is 12.1. The largest absolute Gasteiger partial charge is 0.469 e. The Morgan fingerprint density at radius 3 is 2.88 bits per heavy atom. The van der Waals surface area contributed by atoms with Gasteiger partial charge in [-0.15, -0.1) is 0 Å². The lowest BCUT2D eigenvalue weighted by Crippen LogP contribution is -2.18. The second-order valence-electron chi connectivity index (χ2n) is 3.87. The Morgan fingerprint density at radius 2 is 2.18 bits per heavy atom. The summed E-state index contributed by atoms with van der Waals surface area (Å²) in [7, 11) is 1.83. The molecule has 0 aliphatic heterocycles. The van der Waals surface area contributed by atoms with Gasteiger partial charge in [0.05, 0.1) is 6.26 Å². The summed E-state index contributed by atoms with van der Waals surface area (Å²) in [6.45, 7) is 2.09. The summed E-state index contributed by atoms with van der Waals surface area (Å²) in [6, 6.07) is 5.99. The van der Waals surface area contributed by atoms with Crippen molar-refractivity contribution in [3.8, 4) is 0 Å². The van der Waals surface area contributed by atoms with Gasteiger partial charge < -0.3 is 15.1 Å². The highest BCUT2D eigenvalue weighted by molar-refractivity contribution is 5.46. The molecular weight excluding hydrogens is 216 g/mol. The molecule has 0 bridgehead atoms. The van der Waals surface area contributed by atoms with Gasteiger partial charge in [-0.25, -0.2) is 9.97 Å². The Kier molecular flexibility index (Phi) is 3.59. The summed E-state index contributed by atoms with van der Waals surface area (Å²) >= 11 is 0. The van der Waals surface area contributed by atoms with Crippen molar-refractivity contribution in [3.05, 3.63) is 36.5 Å². The Morgan fingerprint density at radius 1 is 1.35 bits per heavy atom. The third-order valence-corrected chi connectivity index (χ3v) is 2.40. The van der Waals surface area contributed by atoms with Gasteiger partial charge in [-0.05, 0) is 19.1 Å². The maximum absolute atomic E-state index is 5.30. The van der Waals surface area contributed by atoms with E-state index in [2.05, 4.69) is 27.5 Å². The van der Waals surface area contributed by atoms with Gasteiger partial charge in [0.15, 0.2) is 0 Å². The molecular formula is C12H16N4O. The number of anilines is 2. The van der Waals surface area contributed by atoms with Gasteiger partial charge in [0.1, 0.15) is 23.7 Å². The molecule has 0 fully saturated rings. The third-order valence-electron chi connectivity index (χ3n) is 2.40. The SMILES string of the molecule is CNc1cc(NC(C)Cc2ccco2)ncn1. The second-order valence-corrected chi connectivity index (χ2v) is 3.87. The molecule has 17 heavy (non-hydrogen) atoms. The number of nitrogens with zero attached hydrogens (tertiary/aromatic N) is 2. The minimum atomic E-state index is 0.251. The van der Waals surface area contributed by atoms with Crippen LogP contribution in [0.4, 0.5) is 11.6 Å². The van der Waals surface area contributed by atoms with E-state index in [0.717, 1.165) is 23.8 Å².